The number of rotatable bonds is 0. The first-order chi connectivity index (χ1) is 7.65. The van der Waals surface area contributed by atoms with E-state index in [0.717, 1.165) is 21.9 Å². The molecule has 0 aliphatic heterocycles. The largest absolute Gasteiger partial charge is 0.384 e. The summed E-state index contributed by atoms with van der Waals surface area (Å²) in [5.74, 6) is 0.539. The Bertz CT molecular complexity index is 702. The van der Waals surface area contributed by atoms with E-state index in [9.17, 15) is 0 Å². The lowest BCUT2D eigenvalue weighted by molar-refractivity contribution is 1.11. The average molecular weight is 233 g/mol. The van der Waals surface area contributed by atoms with Gasteiger partial charge in [-0.05, 0) is 30.7 Å². The topological polar surface area (TPSA) is 67.6 Å². The van der Waals surface area contributed by atoms with E-state index in [1.807, 2.05) is 25.1 Å². The molecule has 3 rings (SSSR count). The molecule has 16 heavy (non-hydrogen) atoms. The fourth-order valence-corrected chi connectivity index (χ4v) is 1.91. The van der Waals surface area contributed by atoms with Crippen molar-refractivity contribution in [1.29, 1.82) is 0 Å². The second-order valence-corrected chi connectivity index (χ2v) is 4.20. The van der Waals surface area contributed by atoms with Crippen LogP contribution in [0.4, 0.5) is 5.82 Å². The van der Waals surface area contributed by atoms with Crippen molar-refractivity contribution < 1.29 is 0 Å². The van der Waals surface area contributed by atoms with Crippen LogP contribution in [0.25, 0.3) is 21.9 Å². The highest BCUT2D eigenvalue weighted by Crippen LogP contribution is 2.26. The molecule has 0 saturated heterocycles. The van der Waals surface area contributed by atoms with E-state index in [-0.39, 0.29) is 0 Å². The van der Waals surface area contributed by atoms with Gasteiger partial charge in [-0.15, -0.1) is 0 Å². The minimum absolute atomic E-state index is 0.539. The molecule has 3 aromatic rings. The normalized spacial score (nSPS) is 11.4. The SMILES string of the molecule is Cc1cc2cc3c(N)[nH]nc3nc2cc1Cl. The molecule has 2 aromatic heterocycles. The second kappa shape index (κ2) is 3.09. The Balaban J connectivity index is 2.48. The van der Waals surface area contributed by atoms with Crippen LogP contribution in [0.3, 0.4) is 0 Å². The van der Waals surface area contributed by atoms with E-state index in [1.165, 1.54) is 0 Å². The number of nitrogens with two attached hydrogens (primary N) is 1. The third-order valence-corrected chi connectivity index (χ3v) is 3.05. The molecular weight excluding hydrogens is 224 g/mol. The number of fused-ring (bicyclic) bond motifs is 2. The van der Waals surface area contributed by atoms with Crippen molar-refractivity contribution in [2.24, 2.45) is 0 Å². The van der Waals surface area contributed by atoms with Gasteiger partial charge < -0.3 is 5.73 Å². The number of nitrogen functional groups attached to an aromatic ring is 1. The molecule has 0 atom stereocenters. The highest BCUT2D eigenvalue weighted by molar-refractivity contribution is 6.32. The summed E-state index contributed by atoms with van der Waals surface area (Å²) in [5.41, 5.74) is 8.22. The molecule has 0 amide bonds. The van der Waals surface area contributed by atoms with Crippen molar-refractivity contribution in [1.82, 2.24) is 15.2 Å². The number of halogens is 1. The van der Waals surface area contributed by atoms with Gasteiger partial charge in [-0.25, -0.2) is 4.98 Å². The van der Waals surface area contributed by atoms with Gasteiger partial charge in [-0.2, -0.15) is 5.10 Å². The number of hydrogen-bond acceptors (Lipinski definition) is 3. The lowest BCUT2D eigenvalue weighted by atomic mass is 10.1. The fourth-order valence-electron chi connectivity index (χ4n) is 1.76. The summed E-state index contributed by atoms with van der Waals surface area (Å²) < 4.78 is 0. The molecule has 4 nitrogen and oxygen atoms in total. The molecule has 3 N–H and O–H groups in total. The predicted molar refractivity (Wildman–Crippen MR) is 65.6 cm³/mol. The van der Waals surface area contributed by atoms with E-state index >= 15 is 0 Å². The van der Waals surface area contributed by atoms with Gasteiger partial charge in [0.05, 0.1) is 10.9 Å². The number of aromatic nitrogens is 3. The molecule has 0 radical (unpaired) electrons. The number of H-pyrrole nitrogens is 1. The van der Waals surface area contributed by atoms with Crippen molar-refractivity contribution in [3.05, 3.63) is 28.8 Å². The van der Waals surface area contributed by atoms with Gasteiger partial charge in [0.25, 0.3) is 0 Å². The van der Waals surface area contributed by atoms with E-state index in [0.29, 0.717) is 16.5 Å². The Labute approximate surface area is 96.4 Å². The predicted octanol–water partition coefficient (Wildman–Crippen LogP) is 2.66. The Morgan fingerprint density at radius 2 is 2.12 bits per heavy atom. The number of aromatic amines is 1. The summed E-state index contributed by atoms with van der Waals surface area (Å²) in [6, 6.07) is 5.81. The van der Waals surface area contributed by atoms with Crippen molar-refractivity contribution in [2.45, 2.75) is 6.92 Å². The zero-order chi connectivity index (χ0) is 11.3. The molecular formula is C11H9ClN4. The smallest absolute Gasteiger partial charge is 0.183 e. The number of hydrogen-bond donors (Lipinski definition) is 2. The molecule has 5 heteroatoms. The standard InChI is InChI=1S/C11H9ClN4/c1-5-2-6-3-7-10(13)15-16-11(7)14-9(6)4-8(5)12/h2-4H,1H3,(H3,13,14,15,16). The molecule has 1 aromatic carbocycles. The third-order valence-electron chi connectivity index (χ3n) is 2.65. The first-order valence-corrected chi connectivity index (χ1v) is 5.23. The zero-order valence-corrected chi connectivity index (χ0v) is 9.34. The highest BCUT2D eigenvalue weighted by Gasteiger charge is 2.07. The average Bonchev–Trinajstić information content (AvgIpc) is 2.59. The van der Waals surface area contributed by atoms with Crippen LogP contribution in [0.5, 0.6) is 0 Å². The van der Waals surface area contributed by atoms with E-state index < -0.39 is 0 Å². The summed E-state index contributed by atoms with van der Waals surface area (Å²) >= 11 is 6.05. The van der Waals surface area contributed by atoms with Crippen LogP contribution in [0, 0.1) is 6.92 Å². The number of benzene rings is 1. The maximum Gasteiger partial charge on any atom is 0.183 e. The van der Waals surface area contributed by atoms with Crippen molar-refractivity contribution in [3.63, 3.8) is 0 Å². The van der Waals surface area contributed by atoms with Crippen LogP contribution in [-0.2, 0) is 0 Å². The van der Waals surface area contributed by atoms with Crippen LogP contribution in [-0.4, -0.2) is 15.2 Å². The van der Waals surface area contributed by atoms with Crippen molar-refractivity contribution in [3.8, 4) is 0 Å². The number of anilines is 1. The van der Waals surface area contributed by atoms with E-state index in [4.69, 9.17) is 17.3 Å². The Kier molecular flexibility index (Phi) is 1.82. The van der Waals surface area contributed by atoms with Crippen LogP contribution in [0.15, 0.2) is 18.2 Å². The number of nitrogens with one attached hydrogen (secondary N) is 1. The highest BCUT2D eigenvalue weighted by atomic mass is 35.5. The molecule has 0 fully saturated rings. The molecule has 0 bridgehead atoms. The Morgan fingerprint density at radius 3 is 2.94 bits per heavy atom. The summed E-state index contributed by atoms with van der Waals surface area (Å²) in [6.07, 6.45) is 0. The quantitative estimate of drug-likeness (QED) is 0.626. The minimum atomic E-state index is 0.539. The van der Waals surface area contributed by atoms with E-state index in [1.54, 1.807) is 0 Å². The molecule has 0 saturated carbocycles. The molecule has 0 unspecified atom stereocenters. The Morgan fingerprint density at radius 1 is 1.31 bits per heavy atom. The van der Waals surface area contributed by atoms with Gasteiger partial charge in [0.2, 0.25) is 0 Å². The minimum Gasteiger partial charge on any atom is -0.384 e. The summed E-state index contributed by atoms with van der Waals surface area (Å²) in [5, 5.41) is 9.30. The summed E-state index contributed by atoms with van der Waals surface area (Å²) in [4.78, 5) is 4.39. The first kappa shape index (κ1) is 9.42. The third kappa shape index (κ3) is 1.23. The monoisotopic (exact) mass is 232 g/mol. The van der Waals surface area contributed by atoms with Gasteiger partial charge >= 0.3 is 0 Å². The zero-order valence-electron chi connectivity index (χ0n) is 8.58. The lowest BCUT2D eigenvalue weighted by Crippen LogP contribution is -1.86. The summed E-state index contributed by atoms with van der Waals surface area (Å²) in [6.45, 7) is 1.96. The lowest BCUT2D eigenvalue weighted by Gasteiger charge is -2.01. The van der Waals surface area contributed by atoms with Gasteiger partial charge in [0.1, 0.15) is 5.82 Å². The van der Waals surface area contributed by atoms with Crippen LogP contribution in [0.1, 0.15) is 5.56 Å². The Hall–Kier alpha value is -1.81. The van der Waals surface area contributed by atoms with Crippen LogP contribution < -0.4 is 5.73 Å². The maximum absolute atomic E-state index is 6.05. The molecule has 0 aliphatic rings. The van der Waals surface area contributed by atoms with Crippen LogP contribution >= 0.6 is 11.6 Å². The number of aryl methyl sites for hydroxylation is 1. The fraction of sp³-hybridized carbons (Fsp3) is 0.0909. The number of nitrogens with zero attached hydrogens (tertiary/aromatic N) is 2. The maximum atomic E-state index is 6.05. The van der Waals surface area contributed by atoms with Gasteiger partial charge in [-0.3, -0.25) is 5.10 Å². The van der Waals surface area contributed by atoms with Crippen molar-refractivity contribution in [2.75, 3.05) is 5.73 Å². The van der Waals surface area contributed by atoms with Gasteiger partial charge in [-0.1, -0.05) is 11.6 Å². The van der Waals surface area contributed by atoms with Crippen molar-refractivity contribution >= 4 is 39.4 Å². The number of pyridine rings is 1. The molecule has 0 spiro atoms. The second-order valence-electron chi connectivity index (χ2n) is 3.79. The summed E-state index contributed by atoms with van der Waals surface area (Å²) in [7, 11) is 0. The van der Waals surface area contributed by atoms with Crippen LogP contribution in [0.2, 0.25) is 5.02 Å². The molecule has 80 valence electrons. The molecule has 2 heterocycles. The van der Waals surface area contributed by atoms with E-state index in [2.05, 4.69) is 15.2 Å². The first-order valence-electron chi connectivity index (χ1n) is 4.85. The molecule has 0 aliphatic carbocycles. The van der Waals surface area contributed by atoms with Gasteiger partial charge in [0.15, 0.2) is 5.65 Å². The van der Waals surface area contributed by atoms with Gasteiger partial charge in [0, 0.05) is 10.4 Å².